The van der Waals surface area contributed by atoms with Crippen molar-refractivity contribution in [3.8, 4) is 0 Å². The van der Waals surface area contributed by atoms with Gasteiger partial charge in [0.25, 0.3) is 7.82 Å². The summed E-state index contributed by atoms with van der Waals surface area (Å²) in [6.07, 6.45) is 57.1. The van der Waals surface area contributed by atoms with Gasteiger partial charge in [-0.25, -0.2) is 0 Å². The van der Waals surface area contributed by atoms with E-state index in [9.17, 15) is 19.4 Å². The van der Waals surface area contributed by atoms with Crippen LogP contribution in [0.1, 0.15) is 284 Å². The number of unbranched alkanes of at least 4 members (excludes halogenated alkanes) is 39. The molecule has 64 heavy (non-hydrogen) atoms. The van der Waals surface area contributed by atoms with Gasteiger partial charge in [-0.1, -0.05) is 270 Å². The summed E-state index contributed by atoms with van der Waals surface area (Å²) in [6, 6.07) is -0.881. The molecule has 0 fully saturated rings. The van der Waals surface area contributed by atoms with Crippen LogP contribution in [0.5, 0.6) is 0 Å². The third-order valence-electron chi connectivity index (χ3n) is 13.0. The number of aliphatic hydroxyl groups is 1. The number of quaternary nitrogens is 1. The number of amides is 1. The second-order valence-electron chi connectivity index (χ2n) is 20.7. The first kappa shape index (κ1) is 63.2. The van der Waals surface area contributed by atoms with Crippen molar-refractivity contribution in [1.29, 1.82) is 0 Å². The van der Waals surface area contributed by atoms with Gasteiger partial charge in [0, 0.05) is 6.42 Å². The highest BCUT2D eigenvalue weighted by molar-refractivity contribution is 7.45. The monoisotopic (exact) mass is 927 g/mol. The van der Waals surface area contributed by atoms with Crippen LogP contribution in [0.15, 0.2) is 12.2 Å². The molecular weight excluding hydrogens is 816 g/mol. The number of aliphatic hydroxyl groups excluding tert-OH is 1. The van der Waals surface area contributed by atoms with Gasteiger partial charge < -0.3 is 28.8 Å². The molecule has 3 atom stereocenters. The van der Waals surface area contributed by atoms with Crippen molar-refractivity contribution < 1.29 is 32.9 Å². The smallest absolute Gasteiger partial charge is 0.268 e. The second-order valence-corrected chi connectivity index (χ2v) is 22.1. The Hall–Kier alpha value is -0.760. The Morgan fingerprint density at radius 3 is 1.17 bits per heavy atom. The fourth-order valence-corrected chi connectivity index (χ4v) is 9.29. The van der Waals surface area contributed by atoms with E-state index in [2.05, 4.69) is 19.2 Å². The Balaban J connectivity index is 4.18. The maximum Gasteiger partial charge on any atom is 0.268 e. The Kier molecular flexibility index (Phi) is 46.8. The summed E-state index contributed by atoms with van der Waals surface area (Å²) in [4.78, 5) is 25.5. The molecule has 0 heterocycles. The maximum atomic E-state index is 12.9. The number of hydrogen-bond acceptors (Lipinski definition) is 6. The van der Waals surface area contributed by atoms with Crippen molar-refractivity contribution in [3.63, 3.8) is 0 Å². The highest BCUT2D eigenvalue weighted by Gasteiger charge is 2.23. The Labute approximate surface area is 399 Å². The van der Waals surface area contributed by atoms with E-state index >= 15 is 0 Å². The minimum Gasteiger partial charge on any atom is -0.756 e. The fraction of sp³-hybridized carbons (Fsp3) is 0.945. The van der Waals surface area contributed by atoms with E-state index in [-0.39, 0.29) is 19.1 Å². The molecule has 3 unspecified atom stereocenters. The van der Waals surface area contributed by atoms with Crippen LogP contribution in [0.4, 0.5) is 0 Å². The molecule has 0 saturated carbocycles. The molecule has 0 aliphatic rings. The molecule has 0 saturated heterocycles. The van der Waals surface area contributed by atoms with Gasteiger partial charge in [0.15, 0.2) is 0 Å². The fourth-order valence-electron chi connectivity index (χ4n) is 8.57. The van der Waals surface area contributed by atoms with Gasteiger partial charge in [0.1, 0.15) is 13.2 Å². The topological polar surface area (TPSA) is 108 Å². The number of likely N-dealkylation sites (N-methyl/N-ethyl adjacent to an activating group) is 1. The summed E-state index contributed by atoms with van der Waals surface area (Å²) in [5.41, 5.74) is 0. The molecule has 8 nitrogen and oxygen atoms in total. The average Bonchev–Trinajstić information content (AvgIpc) is 3.25. The average molecular weight is 927 g/mol. The highest BCUT2D eigenvalue weighted by atomic mass is 31.2. The molecule has 0 radical (unpaired) electrons. The lowest BCUT2D eigenvalue weighted by Crippen LogP contribution is -2.45. The van der Waals surface area contributed by atoms with E-state index < -0.39 is 20.0 Å². The molecular formula is C55H111N2O6P. The lowest BCUT2D eigenvalue weighted by Gasteiger charge is -2.29. The number of nitrogens with zero attached hydrogens (tertiary/aromatic N) is 1. The lowest BCUT2D eigenvalue weighted by atomic mass is 10.0. The Morgan fingerprint density at radius 1 is 0.531 bits per heavy atom. The van der Waals surface area contributed by atoms with Crippen molar-refractivity contribution >= 4 is 13.7 Å². The van der Waals surface area contributed by atoms with Gasteiger partial charge in [-0.05, 0) is 19.3 Å². The zero-order valence-corrected chi connectivity index (χ0v) is 44.4. The van der Waals surface area contributed by atoms with E-state index in [4.69, 9.17) is 9.05 Å². The number of hydrogen-bond donors (Lipinski definition) is 2. The van der Waals surface area contributed by atoms with Crippen molar-refractivity contribution in [2.45, 2.75) is 296 Å². The number of phosphoric acid groups is 1. The van der Waals surface area contributed by atoms with Crippen LogP contribution < -0.4 is 10.2 Å². The van der Waals surface area contributed by atoms with E-state index in [1.165, 1.54) is 225 Å². The molecule has 0 bridgehead atoms. The van der Waals surface area contributed by atoms with Crippen LogP contribution in [-0.2, 0) is 18.4 Å². The predicted molar refractivity (Wildman–Crippen MR) is 275 cm³/mol. The molecule has 2 N–H and O–H groups in total. The van der Waals surface area contributed by atoms with E-state index in [0.717, 1.165) is 38.5 Å². The van der Waals surface area contributed by atoms with E-state index in [1.807, 2.05) is 27.2 Å². The third-order valence-corrected chi connectivity index (χ3v) is 14.0. The summed E-state index contributed by atoms with van der Waals surface area (Å²) in [5.74, 6) is -0.190. The van der Waals surface area contributed by atoms with Gasteiger partial charge in [-0.3, -0.25) is 9.36 Å². The van der Waals surface area contributed by atoms with Gasteiger partial charge in [0.05, 0.1) is 39.9 Å². The molecule has 0 aromatic heterocycles. The molecule has 0 aliphatic heterocycles. The molecule has 1 amide bonds. The van der Waals surface area contributed by atoms with Crippen molar-refractivity contribution in [2.75, 3.05) is 40.9 Å². The van der Waals surface area contributed by atoms with Crippen molar-refractivity contribution in [3.05, 3.63) is 12.2 Å². The first-order chi connectivity index (χ1) is 31.0. The largest absolute Gasteiger partial charge is 0.756 e. The Morgan fingerprint density at radius 2 is 0.844 bits per heavy atom. The summed E-state index contributed by atoms with van der Waals surface area (Å²) in [5, 5.41) is 13.9. The number of allylic oxidation sites excluding steroid dienone is 1. The second kappa shape index (κ2) is 47.3. The normalized spacial score (nSPS) is 14.0. The van der Waals surface area contributed by atoms with Gasteiger partial charge in [0.2, 0.25) is 5.91 Å². The minimum absolute atomic E-state index is 0.00261. The zero-order valence-electron chi connectivity index (χ0n) is 43.5. The SMILES string of the molecule is CCCCCCCCCCCCCCCCCC/C=C/C(O)C(COP(=O)([O-])OCC[N+](C)(C)C)NC(=O)CCCCCCCCCCCCCCCCCCCCCCCCCC. The first-order valence-corrected chi connectivity index (χ1v) is 29.5. The van der Waals surface area contributed by atoms with Crippen LogP contribution in [0.25, 0.3) is 0 Å². The number of carbonyl (C=O) groups is 1. The van der Waals surface area contributed by atoms with Crippen LogP contribution in [-0.4, -0.2) is 68.5 Å². The molecule has 382 valence electrons. The molecule has 0 aliphatic carbocycles. The third kappa shape index (κ3) is 49.2. The van der Waals surface area contributed by atoms with E-state index in [1.54, 1.807) is 6.08 Å². The summed E-state index contributed by atoms with van der Waals surface area (Å²) in [6.45, 7) is 4.70. The number of carbonyl (C=O) groups excluding carboxylic acids is 1. The van der Waals surface area contributed by atoms with Gasteiger partial charge >= 0.3 is 0 Å². The lowest BCUT2D eigenvalue weighted by molar-refractivity contribution is -0.870. The maximum absolute atomic E-state index is 12.9. The zero-order chi connectivity index (χ0) is 47.1. The molecule has 0 spiro atoms. The number of rotatable bonds is 52. The number of phosphoric ester groups is 1. The molecule has 0 rings (SSSR count). The van der Waals surface area contributed by atoms with Crippen LogP contribution >= 0.6 is 7.82 Å². The van der Waals surface area contributed by atoms with Gasteiger partial charge in [-0.2, -0.15) is 0 Å². The quantitative estimate of drug-likeness (QED) is 0.0272. The summed E-state index contributed by atoms with van der Waals surface area (Å²) < 4.78 is 23.3. The molecule has 9 heteroatoms. The molecule has 0 aromatic rings. The van der Waals surface area contributed by atoms with Gasteiger partial charge in [-0.15, -0.1) is 0 Å². The Bertz CT molecular complexity index is 1050. The van der Waals surface area contributed by atoms with Crippen molar-refractivity contribution in [2.24, 2.45) is 0 Å². The van der Waals surface area contributed by atoms with Crippen LogP contribution in [0.3, 0.4) is 0 Å². The van der Waals surface area contributed by atoms with Crippen LogP contribution in [0, 0.1) is 0 Å². The predicted octanol–water partition coefficient (Wildman–Crippen LogP) is 16.0. The van der Waals surface area contributed by atoms with E-state index in [0.29, 0.717) is 17.4 Å². The summed E-state index contributed by atoms with van der Waals surface area (Å²) in [7, 11) is 1.28. The minimum atomic E-state index is -4.59. The van der Waals surface area contributed by atoms with Crippen LogP contribution in [0.2, 0.25) is 0 Å². The first-order valence-electron chi connectivity index (χ1n) is 28.1. The summed E-state index contributed by atoms with van der Waals surface area (Å²) >= 11 is 0. The highest BCUT2D eigenvalue weighted by Crippen LogP contribution is 2.38. The number of nitrogens with one attached hydrogen (secondary N) is 1. The standard InChI is InChI=1S/C55H111N2O6P/c1-6-8-10-12-14-16-18-20-22-24-26-27-28-29-30-31-33-35-37-39-41-43-45-47-49-55(59)56-53(52-63-64(60,61)62-51-50-57(3,4)5)54(58)48-46-44-42-40-38-36-34-32-25-23-21-19-17-15-13-11-9-7-2/h46,48,53-54,58H,6-45,47,49-52H2,1-5H3,(H-,56,59,60,61)/b48-46+. The molecule has 0 aromatic carbocycles. The van der Waals surface area contributed by atoms with Crippen molar-refractivity contribution in [1.82, 2.24) is 5.32 Å².